The van der Waals surface area contributed by atoms with Gasteiger partial charge in [-0.2, -0.15) is 0 Å². The molecule has 2 fully saturated rings. The van der Waals surface area contributed by atoms with Gasteiger partial charge in [-0.1, -0.05) is 30.3 Å². The maximum absolute atomic E-state index is 12.6. The molecule has 5 nitrogen and oxygen atoms in total. The van der Waals surface area contributed by atoms with Crippen LogP contribution in [0.4, 0.5) is 0 Å². The summed E-state index contributed by atoms with van der Waals surface area (Å²) in [5.41, 5.74) is 7.68. The van der Waals surface area contributed by atoms with Crippen molar-refractivity contribution in [1.29, 1.82) is 0 Å². The van der Waals surface area contributed by atoms with E-state index in [0.29, 0.717) is 23.9 Å². The van der Waals surface area contributed by atoms with Gasteiger partial charge in [0.25, 0.3) is 5.91 Å². The minimum Gasteiger partial charge on any atom is -0.337 e. The summed E-state index contributed by atoms with van der Waals surface area (Å²) in [6.07, 6.45) is 5.76. The van der Waals surface area contributed by atoms with E-state index in [1.54, 1.807) is 12.4 Å². The zero-order valence-electron chi connectivity index (χ0n) is 12.9. The molecule has 1 aliphatic carbocycles. The molecule has 4 rings (SSSR count). The van der Waals surface area contributed by atoms with Crippen LogP contribution in [0.25, 0.3) is 11.4 Å². The number of hydrogen-bond acceptors (Lipinski definition) is 4. The van der Waals surface area contributed by atoms with Gasteiger partial charge in [0, 0.05) is 37.1 Å². The average molecular weight is 308 g/mol. The molecule has 2 aromatic rings. The molecule has 2 unspecified atom stereocenters. The fourth-order valence-corrected chi connectivity index (χ4v) is 3.40. The zero-order chi connectivity index (χ0) is 15.8. The number of nitrogens with zero attached hydrogens (tertiary/aromatic N) is 3. The summed E-state index contributed by atoms with van der Waals surface area (Å²) in [6.45, 7) is 1.41. The number of nitrogens with two attached hydrogens (primary N) is 1. The van der Waals surface area contributed by atoms with E-state index in [1.165, 1.54) is 12.8 Å². The fraction of sp³-hybridized carbons (Fsp3) is 0.389. The van der Waals surface area contributed by atoms with Crippen LogP contribution in [0, 0.1) is 11.8 Å². The van der Waals surface area contributed by atoms with Crippen LogP contribution in [0.1, 0.15) is 23.2 Å². The van der Waals surface area contributed by atoms with Gasteiger partial charge in [-0.3, -0.25) is 4.79 Å². The summed E-state index contributed by atoms with van der Waals surface area (Å²) in [7, 11) is 0. The Labute approximate surface area is 135 Å². The number of amides is 1. The van der Waals surface area contributed by atoms with E-state index >= 15 is 0 Å². The highest BCUT2D eigenvalue weighted by atomic mass is 16.2. The summed E-state index contributed by atoms with van der Waals surface area (Å²) in [6, 6.07) is 9.86. The lowest BCUT2D eigenvalue weighted by Gasteiger charge is -2.16. The maximum atomic E-state index is 12.6. The first-order chi connectivity index (χ1) is 11.2. The Balaban J connectivity index is 1.49. The zero-order valence-corrected chi connectivity index (χ0v) is 12.9. The normalized spacial score (nSPS) is 24.0. The molecule has 2 N–H and O–H groups in total. The number of hydrogen-bond donors (Lipinski definition) is 1. The highest BCUT2D eigenvalue weighted by Gasteiger charge is 2.42. The van der Waals surface area contributed by atoms with Crippen molar-refractivity contribution in [1.82, 2.24) is 14.9 Å². The fourth-order valence-electron chi connectivity index (χ4n) is 3.40. The van der Waals surface area contributed by atoms with Gasteiger partial charge in [-0.15, -0.1) is 0 Å². The van der Waals surface area contributed by atoms with E-state index in [1.807, 2.05) is 35.2 Å². The standard InChI is InChI=1S/C18H20N4O/c19-16-11-22(10-15(16)12-6-7-12)18(23)14-8-20-17(21-9-14)13-4-2-1-3-5-13/h1-5,8-9,12,15-16H,6-7,10-11,19H2. The second-order valence-corrected chi connectivity index (χ2v) is 6.54. The van der Waals surface area contributed by atoms with Gasteiger partial charge < -0.3 is 10.6 Å². The van der Waals surface area contributed by atoms with Gasteiger partial charge in [0.05, 0.1) is 5.56 Å². The van der Waals surface area contributed by atoms with Gasteiger partial charge >= 0.3 is 0 Å². The molecule has 1 aromatic heterocycles. The van der Waals surface area contributed by atoms with E-state index in [0.717, 1.165) is 18.0 Å². The van der Waals surface area contributed by atoms with Crippen molar-refractivity contribution in [3.63, 3.8) is 0 Å². The topological polar surface area (TPSA) is 72.1 Å². The molecule has 2 atom stereocenters. The van der Waals surface area contributed by atoms with Crippen LogP contribution in [0.5, 0.6) is 0 Å². The Morgan fingerprint density at radius 2 is 1.78 bits per heavy atom. The van der Waals surface area contributed by atoms with E-state index in [9.17, 15) is 4.79 Å². The molecular weight excluding hydrogens is 288 g/mol. The molecule has 0 spiro atoms. The minimum absolute atomic E-state index is 0.0109. The molecule has 1 aliphatic heterocycles. The van der Waals surface area contributed by atoms with Gasteiger partial charge in [-0.05, 0) is 24.7 Å². The third-order valence-electron chi connectivity index (χ3n) is 4.86. The second-order valence-electron chi connectivity index (χ2n) is 6.54. The number of likely N-dealkylation sites (tertiary alicyclic amines) is 1. The molecule has 2 heterocycles. The van der Waals surface area contributed by atoms with Crippen LogP contribution in [-0.4, -0.2) is 39.9 Å². The molecule has 1 aromatic carbocycles. The average Bonchev–Trinajstić information content (AvgIpc) is 3.37. The van der Waals surface area contributed by atoms with Crippen LogP contribution in [0.3, 0.4) is 0 Å². The summed E-state index contributed by atoms with van der Waals surface area (Å²) < 4.78 is 0. The third-order valence-corrected chi connectivity index (χ3v) is 4.86. The Morgan fingerprint density at radius 1 is 1.09 bits per heavy atom. The molecule has 23 heavy (non-hydrogen) atoms. The highest BCUT2D eigenvalue weighted by molar-refractivity contribution is 5.94. The lowest BCUT2D eigenvalue weighted by Crippen LogP contribution is -2.32. The van der Waals surface area contributed by atoms with Crippen molar-refractivity contribution in [2.45, 2.75) is 18.9 Å². The number of carbonyl (C=O) groups is 1. The summed E-state index contributed by atoms with van der Waals surface area (Å²) >= 11 is 0. The van der Waals surface area contributed by atoms with Crippen LogP contribution < -0.4 is 5.73 Å². The third kappa shape index (κ3) is 2.84. The van der Waals surface area contributed by atoms with Crippen molar-refractivity contribution in [2.24, 2.45) is 17.6 Å². The Hall–Kier alpha value is -2.27. The Kier molecular flexibility index (Phi) is 3.58. The summed E-state index contributed by atoms with van der Waals surface area (Å²) in [4.78, 5) is 23.1. The Morgan fingerprint density at radius 3 is 2.43 bits per heavy atom. The highest BCUT2D eigenvalue weighted by Crippen LogP contribution is 2.41. The van der Waals surface area contributed by atoms with Crippen molar-refractivity contribution < 1.29 is 4.79 Å². The summed E-state index contributed by atoms with van der Waals surface area (Å²) in [5.74, 6) is 1.81. The first-order valence-electron chi connectivity index (χ1n) is 8.14. The molecule has 2 aliphatic rings. The van der Waals surface area contributed by atoms with Crippen molar-refractivity contribution in [2.75, 3.05) is 13.1 Å². The first-order valence-corrected chi connectivity index (χ1v) is 8.14. The molecule has 1 saturated heterocycles. The van der Waals surface area contributed by atoms with Crippen molar-refractivity contribution in [3.05, 3.63) is 48.3 Å². The van der Waals surface area contributed by atoms with E-state index in [2.05, 4.69) is 9.97 Å². The summed E-state index contributed by atoms with van der Waals surface area (Å²) in [5, 5.41) is 0. The minimum atomic E-state index is -0.0109. The Bertz CT molecular complexity index is 697. The predicted molar refractivity (Wildman–Crippen MR) is 87.6 cm³/mol. The van der Waals surface area contributed by atoms with Crippen molar-refractivity contribution >= 4 is 5.91 Å². The monoisotopic (exact) mass is 308 g/mol. The van der Waals surface area contributed by atoms with Gasteiger partial charge in [0.1, 0.15) is 0 Å². The van der Waals surface area contributed by atoms with Crippen molar-refractivity contribution in [3.8, 4) is 11.4 Å². The molecule has 0 bridgehead atoms. The smallest absolute Gasteiger partial charge is 0.257 e. The van der Waals surface area contributed by atoms with Crippen LogP contribution in [0.15, 0.2) is 42.7 Å². The largest absolute Gasteiger partial charge is 0.337 e. The lowest BCUT2D eigenvalue weighted by molar-refractivity contribution is 0.0784. The number of benzene rings is 1. The molecule has 5 heteroatoms. The van der Waals surface area contributed by atoms with Gasteiger partial charge in [-0.25, -0.2) is 9.97 Å². The van der Waals surface area contributed by atoms with E-state index in [-0.39, 0.29) is 11.9 Å². The first kappa shape index (κ1) is 14.3. The lowest BCUT2D eigenvalue weighted by atomic mass is 9.99. The molecular formula is C18H20N4O. The molecule has 1 saturated carbocycles. The number of carbonyl (C=O) groups excluding carboxylic acids is 1. The molecule has 118 valence electrons. The predicted octanol–water partition coefficient (Wildman–Crippen LogP) is 1.95. The van der Waals surface area contributed by atoms with E-state index < -0.39 is 0 Å². The second kappa shape index (κ2) is 5.74. The van der Waals surface area contributed by atoms with Crippen LogP contribution in [0.2, 0.25) is 0 Å². The number of aromatic nitrogens is 2. The molecule has 1 amide bonds. The van der Waals surface area contributed by atoms with Gasteiger partial charge in [0.15, 0.2) is 5.82 Å². The SMILES string of the molecule is NC1CN(C(=O)c2cnc(-c3ccccc3)nc2)CC1C1CC1. The number of rotatable bonds is 3. The van der Waals surface area contributed by atoms with Crippen LogP contribution >= 0.6 is 0 Å². The van der Waals surface area contributed by atoms with Crippen LogP contribution in [-0.2, 0) is 0 Å². The quantitative estimate of drug-likeness (QED) is 0.940. The van der Waals surface area contributed by atoms with E-state index in [4.69, 9.17) is 5.73 Å². The maximum Gasteiger partial charge on any atom is 0.257 e. The molecule has 0 radical (unpaired) electrons. The van der Waals surface area contributed by atoms with Gasteiger partial charge in [0.2, 0.25) is 0 Å².